The predicted octanol–water partition coefficient (Wildman–Crippen LogP) is 4.11. The molecule has 0 N–H and O–H groups in total. The average Bonchev–Trinajstić information content (AvgIpc) is 3.44. The Kier molecular flexibility index (Phi) is 4.29. The molecule has 1 aromatic carbocycles. The van der Waals surface area contributed by atoms with Gasteiger partial charge in [0, 0.05) is 17.4 Å². The summed E-state index contributed by atoms with van der Waals surface area (Å²) in [6, 6.07) is 12.9. The van der Waals surface area contributed by atoms with Crippen molar-refractivity contribution in [2.24, 2.45) is 0 Å². The Balaban J connectivity index is 1.75. The maximum absolute atomic E-state index is 13.5. The van der Waals surface area contributed by atoms with E-state index >= 15 is 0 Å². The number of para-hydroxylation sites is 1. The number of carbonyl (C=O) groups excluding carboxylic acids is 1. The molecule has 0 amide bonds. The molecule has 3 aromatic heterocycles. The average molecular weight is 410 g/mol. The van der Waals surface area contributed by atoms with Crippen LogP contribution in [0.5, 0.6) is 0 Å². The van der Waals surface area contributed by atoms with E-state index in [1.165, 1.54) is 23.1 Å². The molecule has 0 bridgehead atoms. The summed E-state index contributed by atoms with van der Waals surface area (Å²) in [6.07, 6.45) is 2.19. The zero-order valence-corrected chi connectivity index (χ0v) is 16.2. The second kappa shape index (κ2) is 6.96. The van der Waals surface area contributed by atoms with Gasteiger partial charge in [-0.1, -0.05) is 30.0 Å². The van der Waals surface area contributed by atoms with Crippen molar-refractivity contribution >= 4 is 39.3 Å². The lowest BCUT2D eigenvalue weighted by atomic mass is 10.2. The summed E-state index contributed by atoms with van der Waals surface area (Å²) in [4.78, 5) is 30.9. The molecule has 5 rings (SSSR count). The molecule has 0 unspecified atom stereocenters. The molecule has 6 nitrogen and oxygen atoms in total. The van der Waals surface area contributed by atoms with Crippen LogP contribution in [0.3, 0.4) is 0 Å². The molecular weight excluding hydrogens is 396 g/mol. The molecule has 1 aliphatic rings. The van der Waals surface area contributed by atoms with Gasteiger partial charge in [0.1, 0.15) is 15.8 Å². The van der Waals surface area contributed by atoms with E-state index in [0.29, 0.717) is 39.8 Å². The molecule has 8 heteroatoms. The van der Waals surface area contributed by atoms with Crippen LogP contribution in [-0.4, -0.2) is 27.4 Å². The summed E-state index contributed by atoms with van der Waals surface area (Å²) in [6.45, 7) is 0.399. The first-order valence-corrected chi connectivity index (χ1v) is 10.4. The fraction of sp³-hybridized carbons (Fsp3) is 0.150. The topological polar surface area (TPSA) is 74.3 Å². The Bertz CT molecular complexity index is 1210. The number of thioether (sulfide) groups is 1. The summed E-state index contributed by atoms with van der Waals surface area (Å²) >= 11 is 2.67. The molecular formula is C20H14N2O4S2. The van der Waals surface area contributed by atoms with Gasteiger partial charge in [-0.25, -0.2) is 4.98 Å². The molecule has 0 aliphatic carbocycles. The molecule has 1 saturated heterocycles. The number of hydrogen-bond acceptors (Lipinski definition) is 7. The number of benzene rings is 1. The minimum Gasteiger partial charge on any atom is -0.465 e. The fourth-order valence-corrected chi connectivity index (χ4v) is 5.23. The standard InChI is InChI=1S/C20H14N2O4S2/c23-18-16-13(14-7-4-9-25-14)11-27-17(16)21-20(28-15-8-10-26-19(15)24)22(18)12-5-2-1-3-6-12/h1-7,9,11,15H,8,10H2/t15-/m0/s1. The Morgan fingerprint density at radius 3 is 2.71 bits per heavy atom. The number of hydrogen-bond donors (Lipinski definition) is 0. The van der Waals surface area contributed by atoms with Crippen molar-refractivity contribution in [3.8, 4) is 17.0 Å². The fourth-order valence-electron chi connectivity index (χ4n) is 3.18. The van der Waals surface area contributed by atoms with Crippen molar-refractivity contribution in [1.29, 1.82) is 0 Å². The molecule has 0 spiro atoms. The number of carbonyl (C=O) groups is 1. The third kappa shape index (κ3) is 2.85. The van der Waals surface area contributed by atoms with E-state index in [-0.39, 0.29) is 16.8 Å². The van der Waals surface area contributed by atoms with Crippen molar-refractivity contribution in [3.05, 3.63) is 64.5 Å². The van der Waals surface area contributed by atoms with Crippen molar-refractivity contribution < 1.29 is 13.9 Å². The smallest absolute Gasteiger partial charge is 0.319 e. The minimum atomic E-state index is -0.358. The Morgan fingerprint density at radius 1 is 1.14 bits per heavy atom. The Morgan fingerprint density at radius 2 is 2.00 bits per heavy atom. The van der Waals surface area contributed by atoms with Gasteiger partial charge in [0.05, 0.1) is 23.9 Å². The van der Waals surface area contributed by atoms with Gasteiger partial charge >= 0.3 is 5.97 Å². The van der Waals surface area contributed by atoms with Gasteiger partial charge in [-0.3, -0.25) is 14.2 Å². The number of fused-ring (bicyclic) bond motifs is 1. The SMILES string of the molecule is O=C1OCC[C@@H]1Sc1nc2scc(-c3ccco3)c2c(=O)n1-c1ccccc1. The maximum atomic E-state index is 13.5. The van der Waals surface area contributed by atoms with E-state index in [4.69, 9.17) is 14.1 Å². The molecule has 28 heavy (non-hydrogen) atoms. The van der Waals surface area contributed by atoms with Crippen LogP contribution < -0.4 is 5.56 Å². The molecule has 140 valence electrons. The first-order chi connectivity index (χ1) is 13.7. The predicted molar refractivity (Wildman–Crippen MR) is 108 cm³/mol. The molecule has 1 atom stereocenters. The second-order valence-corrected chi connectivity index (χ2v) is 8.27. The highest BCUT2D eigenvalue weighted by Gasteiger charge is 2.30. The van der Waals surface area contributed by atoms with Crippen LogP contribution in [0.1, 0.15) is 6.42 Å². The number of esters is 1. The molecule has 1 fully saturated rings. The van der Waals surface area contributed by atoms with Gasteiger partial charge < -0.3 is 9.15 Å². The van der Waals surface area contributed by atoms with Crippen molar-refractivity contribution in [3.63, 3.8) is 0 Å². The summed E-state index contributed by atoms with van der Waals surface area (Å²) in [7, 11) is 0. The molecule has 4 aromatic rings. The van der Waals surface area contributed by atoms with E-state index in [2.05, 4.69) is 0 Å². The largest absolute Gasteiger partial charge is 0.465 e. The van der Waals surface area contributed by atoms with Gasteiger partial charge in [0.25, 0.3) is 5.56 Å². The zero-order chi connectivity index (χ0) is 19.1. The van der Waals surface area contributed by atoms with Crippen LogP contribution in [-0.2, 0) is 9.53 Å². The maximum Gasteiger partial charge on any atom is 0.319 e. The highest BCUT2D eigenvalue weighted by molar-refractivity contribution is 8.00. The minimum absolute atomic E-state index is 0.183. The number of cyclic esters (lactones) is 1. The third-order valence-electron chi connectivity index (χ3n) is 4.51. The van der Waals surface area contributed by atoms with Gasteiger partial charge in [-0.15, -0.1) is 11.3 Å². The van der Waals surface area contributed by atoms with Crippen molar-refractivity contribution in [2.75, 3.05) is 6.61 Å². The first-order valence-electron chi connectivity index (χ1n) is 8.69. The lowest BCUT2D eigenvalue weighted by Crippen LogP contribution is -2.23. The molecule has 0 saturated carbocycles. The molecule has 1 aliphatic heterocycles. The highest BCUT2D eigenvalue weighted by atomic mass is 32.2. The van der Waals surface area contributed by atoms with Gasteiger partial charge in [0.2, 0.25) is 0 Å². The van der Waals surface area contributed by atoms with E-state index in [9.17, 15) is 9.59 Å². The van der Waals surface area contributed by atoms with E-state index < -0.39 is 0 Å². The summed E-state index contributed by atoms with van der Waals surface area (Å²) < 4.78 is 12.1. The number of furan rings is 1. The molecule has 4 heterocycles. The second-order valence-electron chi connectivity index (χ2n) is 6.24. The van der Waals surface area contributed by atoms with E-state index in [0.717, 1.165) is 5.56 Å². The summed E-state index contributed by atoms with van der Waals surface area (Å²) in [5, 5.41) is 2.53. The quantitative estimate of drug-likeness (QED) is 0.372. The number of thiophene rings is 1. The summed E-state index contributed by atoms with van der Waals surface area (Å²) in [5.74, 6) is 0.367. The normalized spacial score (nSPS) is 16.6. The van der Waals surface area contributed by atoms with Crippen molar-refractivity contribution in [2.45, 2.75) is 16.8 Å². The Hall–Kier alpha value is -2.84. The third-order valence-corrected chi connectivity index (χ3v) is 6.58. The lowest BCUT2D eigenvalue weighted by Gasteiger charge is -2.13. The number of rotatable bonds is 4. The number of aromatic nitrogens is 2. The van der Waals surface area contributed by atoms with Gasteiger partial charge in [-0.05, 0) is 24.3 Å². The number of ether oxygens (including phenoxy) is 1. The monoisotopic (exact) mass is 410 g/mol. The van der Waals surface area contributed by atoms with Crippen LogP contribution in [0.2, 0.25) is 0 Å². The number of nitrogens with zero attached hydrogens (tertiary/aromatic N) is 2. The van der Waals surface area contributed by atoms with Crippen molar-refractivity contribution in [1.82, 2.24) is 9.55 Å². The lowest BCUT2D eigenvalue weighted by molar-refractivity contribution is -0.137. The van der Waals surface area contributed by atoms with Crippen LogP contribution in [0.15, 0.2) is 68.5 Å². The van der Waals surface area contributed by atoms with Crippen LogP contribution in [0.4, 0.5) is 0 Å². The van der Waals surface area contributed by atoms with Crippen LogP contribution in [0, 0.1) is 0 Å². The Labute approximate surface area is 167 Å². The van der Waals surface area contributed by atoms with Gasteiger partial charge in [0.15, 0.2) is 5.16 Å². The van der Waals surface area contributed by atoms with Crippen LogP contribution in [0.25, 0.3) is 27.2 Å². The zero-order valence-electron chi connectivity index (χ0n) is 14.5. The summed E-state index contributed by atoms with van der Waals surface area (Å²) in [5.41, 5.74) is 1.24. The van der Waals surface area contributed by atoms with Gasteiger partial charge in [-0.2, -0.15) is 0 Å². The van der Waals surface area contributed by atoms with E-state index in [1.807, 2.05) is 41.8 Å². The van der Waals surface area contributed by atoms with E-state index in [1.54, 1.807) is 16.9 Å². The van der Waals surface area contributed by atoms with Crippen LogP contribution >= 0.6 is 23.1 Å². The highest BCUT2D eigenvalue weighted by Crippen LogP contribution is 2.35. The first kappa shape index (κ1) is 17.3. The molecule has 0 radical (unpaired) electrons.